The molecule has 0 saturated carbocycles. The van der Waals surface area contributed by atoms with Crippen molar-refractivity contribution in [1.82, 2.24) is 15.2 Å². The van der Waals surface area contributed by atoms with Gasteiger partial charge in [-0.05, 0) is 25.1 Å². The number of carbonyl (C=O) groups excluding carboxylic acids is 1. The second kappa shape index (κ2) is 7.52. The molecule has 5 heteroatoms. The third-order valence-corrected chi connectivity index (χ3v) is 4.28. The van der Waals surface area contributed by atoms with E-state index in [1.54, 1.807) is 16.2 Å². The minimum Gasteiger partial charge on any atom is -0.339 e. The number of thiazole rings is 1. The molecule has 0 aliphatic rings. The van der Waals surface area contributed by atoms with Gasteiger partial charge in [-0.15, -0.1) is 11.3 Å². The van der Waals surface area contributed by atoms with Gasteiger partial charge < -0.3 is 10.2 Å². The molecule has 1 aromatic carbocycles. The lowest BCUT2D eigenvalue weighted by Gasteiger charge is -2.16. The summed E-state index contributed by atoms with van der Waals surface area (Å²) in [6.45, 7) is 5.70. The van der Waals surface area contributed by atoms with Crippen LogP contribution in [0.2, 0.25) is 0 Å². The van der Waals surface area contributed by atoms with Crippen molar-refractivity contribution in [1.29, 1.82) is 0 Å². The van der Waals surface area contributed by atoms with E-state index in [-0.39, 0.29) is 5.91 Å². The summed E-state index contributed by atoms with van der Waals surface area (Å²) in [6, 6.07) is 8.55. The second-order valence-electron chi connectivity index (χ2n) is 5.54. The van der Waals surface area contributed by atoms with E-state index < -0.39 is 0 Å². The molecule has 0 aliphatic carbocycles. The number of benzene rings is 1. The van der Waals surface area contributed by atoms with E-state index in [9.17, 15) is 4.79 Å². The van der Waals surface area contributed by atoms with Crippen molar-refractivity contribution in [3.8, 4) is 0 Å². The fraction of sp³-hybridized carbons (Fsp3) is 0.500. The van der Waals surface area contributed by atoms with Crippen LogP contribution < -0.4 is 5.32 Å². The van der Waals surface area contributed by atoms with Crippen molar-refractivity contribution in [2.24, 2.45) is 0 Å². The average molecular weight is 305 g/mol. The molecule has 1 heterocycles. The normalized spacial score (nSPS) is 11.2. The Bertz CT molecular complexity index is 561. The van der Waals surface area contributed by atoms with Crippen LogP contribution in [0.1, 0.15) is 31.7 Å². The number of aromatic nitrogens is 1. The molecule has 0 fully saturated rings. The highest BCUT2D eigenvalue weighted by Gasteiger charge is 2.11. The van der Waals surface area contributed by atoms with Crippen molar-refractivity contribution < 1.29 is 4.79 Å². The molecule has 0 bridgehead atoms. The summed E-state index contributed by atoms with van der Waals surface area (Å²) in [6.07, 6.45) is 1.46. The number of carbonyl (C=O) groups is 1. The quantitative estimate of drug-likeness (QED) is 0.800. The van der Waals surface area contributed by atoms with Gasteiger partial charge in [0.05, 0.1) is 16.8 Å². The lowest BCUT2D eigenvalue weighted by atomic mass is 10.2. The molecular formula is C16H23N3OS. The minimum atomic E-state index is 0.180. The highest BCUT2D eigenvalue weighted by atomic mass is 32.1. The molecule has 0 saturated heterocycles. The fourth-order valence-electron chi connectivity index (χ4n) is 2.10. The van der Waals surface area contributed by atoms with Gasteiger partial charge in [-0.2, -0.15) is 0 Å². The third-order valence-electron chi connectivity index (χ3n) is 3.26. The van der Waals surface area contributed by atoms with Gasteiger partial charge in [0, 0.05) is 19.5 Å². The Hall–Kier alpha value is -1.46. The summed E-state index contributed by atoms with van der Waals surface area (Å²) >= 11 is 1.66. The topological polar surface area (TPSA) is 45.2 Å². The number of para-hydroxylation sites is 1. The minimum absolute atomic E-state index is 0.180. The summed E-state index contributed by atoms with van der Waals surface area (Å²) in [7, 11) is 1.85. The molecule has 1 amide bonds. The number of nitrogens with one attached hydrogen (secondary N) is 1. The number of hydrogen-bond donors (Lipinski definition) is 1. The Morgan fingerprint density at radius 2 is 2.14 bits per heavy atom. The zero-order chi connectivity index (χ0) is 15.2. The van der Waals surface area contributed by atoms with E-state index in [1.807, 2.05) is 25.2 Å². The monoisotopic (exact) mass is 305 g/mol. The van der Waals surface area contributed by atoms with Gasteiger partial charge in [0.2, 0.25) is 5.91 Å². The molecule has 0 aliphatic heterocycles. The van der Waals surface area contributed by atoms with Gasteiger partial charge >= 0.3 is 0 Å². The van der Waals surface area contributed by atoms with E-state index in [4.69, 9.17) is 0 Å². The fourth-order valence-corrected chi connectivity index (χ4v) is 3.12. The summed E-state index contributed by atoms with van der Waals surface area (Å²) < 4.78 is 1.18. The smallest absolute Gasteiger partial charge is 0.222 e. The van der Waals surface area contributed by atoms with E-state index >= 15 is 0 Å². The van der Waals surface area contributed by atoms with Crippen molar-refractivity contribution in [2.75, 3.05) is 13.6 Å². The Kier molecular flexibility index (Phi) is 5.70. The highest BCUT2D eigenvalue weighted by Crippen LogP contribution is 2.22. The predicted octanol–water partition coefficient (Wildman–Crippen LogP) is 3.03. The lowest BCUT2D eigenvalue weighted by Crippen LogP contribution is -2.28. The van der Waals surface area contributed by atoms with Crippen LogP contribution in [0.25, 0.3) is 10.2 Å². The van der Waals surface area contributed by atoms with Gasteiger partial charge in [0.1, 0.15) is 5.01 Å². The maximum atomic E-state index is 12.1. The molecule has 0 atom stereocenters. The van der Waals surface area contributed by atoms with Crippen LogP contribution in [0.4, 0.5) is 0 Å². The molecule has 2 aromatic rings. The maximum Gasteiger partial charge on any atom is 0.222 e. The second-order valence-corrected chi connectivity index (χ2v) is 6.65. The molecule has 0 radical (unpaired) electrons. The van der Waals surface area contributed by atoms with Gasteiger partial charge in [-0.25, -0.2) is 4.98 Å². The number of rotatable bonds is 7. The zero-order valence-corrected chi connectivity index (χ0v) is 13.7. The summed E-state index contributed by atoms with van der Waals surface area (Å²) in [5, 5.41) is 4.32. The van der Waals surface area contributed by atoms with E-state index in [1.165, 1.54) is 4.70 Å². The first-order chi connectivity index (χ1) is 10.1. The molecule has 21 heavy (non-hydrogen) atoms. The molecule has 0 spiro atoms. The Morgan fingerprint density at radius 3 is 2.86 bits per heavy atom. The first kappa shape index (κ1) is 15.9. The molecule has 4 nitrogen and oxygen atoms in total. The molecular weight excluding hydrogens is 282 g/mol. The van der Waals surface area contributed by atoms with Crippen LogP contribution >= 0.6 is 11.3 Å². The highest BCUT2D eigenvalue weighted by molar-refractivity contribution is 7.18. The van der Waals surface area contributed by atoms with Gasteiger partial charge in [0.15, 0.2) is 0 Å². The zero-order valence-electron chi connectivity index (χ0n) is 12.9. The van der Waals surface area contributed by atoms with Crippen molar-refractivity contribution >= 4 is 27.5 Å². The molecule has 0 unspecified atom stereocenters. The Balaban J connectivity index is 1.82. The van der Waals surface area contributed by atoms with Crippen LogP contribution in [-0.2, 0) is 11.3 Å². The van der Waals surface area contributed by atoms with Crippen LogP contribution in [0.5, 0.6) is 0 Å². The first-order valence-electron chi connectivity index (χ1n) is 7.38. The Morgan fingerprint density at radius 1 is 1.38 bits per heavy atom. The van der Waals surface area contributed by atoms with Gasteiger partial charge in [-0.3, -0.25) is 4.79 Å². The lowest BCUT2D eigenvalue weighted by molar-refractivity contribution is -0.130. The van der Waals surface area contributed by atoms with Crippen LogP contribution in [0.15, 0.2) is 24.3 Å². The van der Waals surface area contributed by atoms with Crippen LogP contribution in [0.3, 0.4) is 0 Å². The maximum absolute atomic E-state index is 12.1. The van der Waals surface area contributed by atoms with Crippen LogP contribution in [-0.4, -0.2) is 35.4 Å². The number of amides is 1. The van der Waals surface area contributed by atoms with Crippen molar-refractivity contribution in [3.63, 3.8) is 0 Å². The molecule has 2 rings (SSSR count). The number of fused-ring (bicyclic) bond motifs is 1. The van der Waals surface area contributed by atoms with Gasteiger partial charge in [-0.1, -0.05) is 26.0 Å². The van der Waals surface area contributed by atoms with Gasteiger partial charge in [0.25, 0.3) is 0 Å². The van der Waals surface area contributed by atoms with E-state index in [2.05, 4.69) is 30.2 Å². The van der Waals surface area contributed by atoms with Crippen molar-refractivity contribution in [3.05, 3.63) is 29.3 Å². The predicted molar refractivity (Wildman–Crippen MR) is 88.5 cm³/mol. The summed E-state index contributed by atoms with van der Waals surface area (Å²) in [4.78, 5) is 18.4. The average Bonchev–Trinajstić information content (AvgIpc) is 2.85. The van der Waals surface area contributed by atoms with Crippen LogP contribution in [0, 0.1) is 0 Å². The SMILES string of the molecule is CC(C)NCCCC(=O)N(C)Cc1nc2ccccc2s1. The first-order valence-corrected chi connectivity index (χ1v) is 8.19. The van der Waals surface area contributed by atoms with E-state index in [0.717, 1.165) is 23.5 Å². The third kappa shape index (κ3) is 4.79. The summed E-state index contributed by atoms with van der Waals surface area (Å²) in [5.74, 6) is 0.180. The van der Waals surface area contributed by atoms with E-state index in [0.29, 0.717) is 19.0 Å². The Labute approximate surface area is 130 Å². The standard InChI is InChI=1S/C16H23N3OS/c1-12(2)17-10-6-9-16(20)19(3)11-15-18-13-7-4-5-8-14(13)21-15/h4-5,7-8,12,17H,6,9-11H2,1-3H3. The largest absolute Gasteiger partial charge is 0.339 e. The molecule has 114 valence electrons. The molecule has 1 aromatic heterocycles. The van der Waals surface area contributed by atoms with Crippen molar-refractivity contribution in [2.45, 2.75) is 39.3 Å². The number of hydrogen-bond acceptors (Lipinski definition) is 4. The summed E-state index contributed by atoms with van der Waals surface area (Å²) in [5.41, 5.74) is 1.01. The number of nitrogens with zero attached hydrogens (tertiary/aromatic N) is 2. The molecule has 1 N–H and O–H groups in total.